The first-order chi connectivity index (χ1) is 12.1. The first-order valence-corrected chi connectivity index (χ1v) is 8.66. The van der Waals surface area contributed by atoms with Crippen LogP contribution < -0.4 is 5.32 Å². The average molecular weight is 337 g/mol. The molecule has 25 heavy (non-hydrogen) atoms. The van der Waals surface area contributed by atoms with Gasteiger partial charge in [-0.05, 0) is 55.5 Å². The summed E-state index contributed by atoms with van der Waals surface area (Å²) in [4.78, 5) is 0. The lowest BCUT2D eigenvalue weighted by Crippen LogP contribution is -2.45. The van der Waals surface area contributed by atoms with Gasteiger partial charge in [-0.1, -0.05) is 42.5 Å². The van der Waals surface area contributed by atoms with Gasteiger partial charge in [0, 0.05) is 11.3 Å². The fraction of sp³-hybridized carbons (Fsp3) is 0.300. The highest BCUT2D eigenvalue weighted by molar-refractivity contribution is 6.43. The fourth-order valence-electron chi connectivity index (χ4n) is 3.24. The molecule has 0 aliphatic carbocycles. The summed E-state index contributed by atoms with van der Waals surface area (Å²) in [5.74, 6) is -0.440. The second-order valence-corrected chi connectivity index (χ2v) is 6.58. The molecule has 0 fully saturated rings. The minimum absolute atomic E-state index is 0.440. The van der Waals surface area contributed by atoms with E-state index in [0.29, 0.717) is 13.0 Å². The van der Waals surface area contributed by atoms with Crippen molar-refractivity contribution in [3.63, 3.8) is 0 Å². The molecule has 1 aromatic heterocycles. The van der Waals surface area contributed by atoms with Gasteiger partial charge in [0.05, 0.1) is 6.26 Å². The Hall–Kier alpha value is -2.08. The van der Waals surface area contributed by atoms with E-state index >= 15 is 0 Å². The zero-order valence-corrected chi connectivity index (χ0v) is 14.7. The van der Waals surface area contributed by atoms with Gasteiger partial charge in [-0.25, -0.2) is 0 Å². The van der Waals surface area contributed by atoms with Crippen LogP contribution in [0.4, 0.5) is 0 Å². The van der Waals surface area contributed by atoms with E-state index in [1.165, 1.54) is 5.56 Å². The zero-order valence-electron chi connectivity index (χ0n) is 14.7. The summed E-state index contributed by atoms with van der Waals surface area (Å²) in [5.41, 5.74) is 5.33. The highest BCUT2D eigenvalue weighted by atomic mass is 16.4. The van der Waals surface area contributed by atoms with E-state index in [0.717, 1.165) is 34.1 Å². The molecular weight excluding hydrogens is 313 g/mol. The quantitative estimate of drug-likeness (QED) is 0.580. The molecule has 2 aromatic carbocycles. The number of fused-ring (bicyclic) bond motifs is 1. The molecule has 3 N–H and O–H groups in total. The van der Waals surface area contributed by atoms with Crippen LogP contribution in [0.15, 0.2) is 53.1 Å². The molecule has 0 saturated carbocycles. The van der Waals surface area contributed by atoms with Gasteiger partial charge in [0.15, 0.2) is 0 Å². The minimum Gasteiger partial charge on any atom is -0.464 e. The first-order valence-electron chi connectivity index (χ1n) is 8.66. The Morgan fingerprint density at radius 1 is 1.04 bits per heavy atom. The van der Waals surface area contributed by atoms with Crippen molar-refractivity contribution in [2.45, 2.75) is 32.6 Å². The Balaban J connectivity index is 1.71. The molecule has 0 aliphatic heterocycles. The molecule has 4 nitrogen and oxygen atoms in total. The van der Waals surface area contributed by atoms with Gasteiger partial charge < -0.3 is 19.8 Å². The Morgan fingerprint density at radius 2 is 1.76 bits per heavy atom. The lowest BCUT2D eigenvalue weighted by molar-refractivity contribution is 0.368. The lowest BCUT2D eigenvalue weighted by atomic mass is 9.75. The number of benzene rings is 2. The van der Waals surface area contributed by atoms with Crippen molar-refractivity contribution in [3.8, 4) is 0 Å². The molecular formula is C20H24BNO3. The van der Waals surface area contributed by atoms with Crippen LogP contribution in [0.2, 0.25) is 0 Å². The van der Waals surface area contributed by atoms with Crippen molar-refractivity contribution >= 4 is 18.1 Å². The molecule has 5 heteroatoms. The number of rotatable bonds is 7. The summed E-state index contributed by atoms with van der Waals surface area (Å²) >= 11 is 0. The second-order valence-electron chi connectivity index (χ2n) is 6.58. The van der Waals surface area contributed by atoms with Gasteiger partial charge in [-0.2, -0.15) is 0 Å². The maximum atomic E-state index is 9.77. The molecule has 130 valence electrons. The van der Waals surface area contributed by atoms with E-state index in [4.69, 9.17) is 4.42 Å². The van der Waals surface area contributed by atoms with Crippen LogP contribution in [0.5, 0.6) is 0 Å². The summed E-state index contributed by atoms with van der Waals surface area (Å²) in [6, 6.07) is 14.3. The monoisotopic (exact) mass is 337 g/mol. The number of hydrogen-bond acceptors (Lipinski definition) is 4. The van der Waals surface area contributed by atoms with E-state index < -0.39 is 13.1 Å². The zero-order chi connectivity index (χ0) is 17.8. The van der Waals surface area contributed by atoms with Gasteiger partial charge in [0.1, 0.15) is 5.58 Å². The Kier molecular flexibility index (Phi) is 5.58. The van der Waals surface area contributed by atoms with Crippen molar-refractivity contribution in [2.24, 2.45) is 0 Å². The van der Waals surface area contributed by atoms with Gasteiger partial charge in [0.25, 0.3) is 0 Å². The highest BCUT2D eigenvalue weighted by Gasteiger charge is 2.25. The van der Waals surface area contributed by atoms with Crippen LogP contribution in [0.25, 0.3) is 11.0 Å². The highest BCUT2D eigenvalue weighted by Crippen LogP contribution is 2.28. The second kappa shape index (κ2) is 7.87. The molecule has 3 aromatic rings. The maximum Gasteiger partial charge on any atom is 0.469 e. The van der Waals surface area contributed by atoms with Crippen molar-refractivity contribution in [2.75, 3.05) is 6.54 Å². The summed E-state index contributed by atoms with van der Waals surface area (Å²) in [6.45, 7) is 4.75. The van der Waals surface area contributed by atoms with Crippen LogP contribution in [-0.4, -0.2) is 29.7 Å². The molecule has 0 bridgehead atoms. The normalized spacial score (nSPS) is 12.5. The van der Waals surface area contributed by atoms with Gasteiger partial charge in [0.2, 0.25) is 0 Å². The number of aryl methyl sites for hydroxylation is 2. The summed E-state index contributed by atoms with van der Waals surface area (Å²) in [6.07, 6.45) is 3.08. The molecule has 0 radical (unpaired) electrons. The fourth-order valence-corrected chi connectivity index (χ4v) is 3.24. The van der Waals surface area contributed by atoms with E-state index in [1.54, 1.807) is 6.26 Å². The Labute approximate surface area is 148 Å². The van der Waals surface area contributed by atoms with Crippen LogP contribution in [0, 0.1) is 13.8 Å². The topological polar surface area (TPSA) is 65.6 Å². The predicted molar refractivity (Wildman–Crippen MR) is 102 cm³/mol. The van der Waals surface area contributed by atoms with Gasteiger partial charge >= 0.3 is 7.12 Å². The van der Waals surface area contributed by atoms with Crippen LogP contribution >= 0.6 is 0 Å². The lowest BCUT2D eigenvalue weighted by Gasteiger charge is -2.17. The van der Waals surface area contributed by atoms with E-state index in [2.05, 4.69) is 23.5 Å². The third-order valence-electron chi connectivity index (χ3n) is 4.67. The molecule has 0 spiro atoms. The number of nitrogens with one attached hydrogen (secondary N) is 1. The van der Waals surface area contributed by atoms with Crippen LogP contribution in [0.1, 0.15) is 22.3 Å². The van der Waals surface area contributed by atoms with Crippen LogP contribution in [0.3, 0.4) is 0 Å². The Morgan fingerprint density at radius 3 is 2.48 bits per heavy atom. The molecule has 0 saturated heterocycles. The SMILES string of the molecule is Cc1ccc(C)c2c(C[C@H](NCCc3ccccc3)B(O)O)coc12. The Bertz CT molecular complexity index is 830. The van der Waals surface area contributed by atoms with Gasteiger partial charge in [-0.3, -0.25) is 0 Å². The molecule has 1 atom stereocenters. The third-order valence-corrected chi connectivity index (χ3v) is 4.67. The van der Waals surface area contributed by atoms with Crippen molar-refractivity contribution in [1.82, 2.24) is 5.32 Å². The molecule has 1 heterocycles. The van der Waals surface area contributed by atoms with E-state index in [1.807, 2.05) is 38.1 Å². The number of furan rings is 1. The first kappa shape index (κ1) is 17.7. The third kappa shape index (κ3) is 4.13. The van der Waals surface area contributed by atoms with Crippen molar-refractivity contribution in [3.05, 3.63) is 71.0 Å². The minimum atomic E-state index is -1.43. The van der Waals surface area contributed by atoms with Crippen LogP contribution in [-0.2, 0) is 12.8 Å². The maximum absolute atomic E-state index is 9.77. The molecule has 3 rings (SSSR count). The van der Waals surface area contributed by atoms with E-state index in [-0.39, 0.29) is 0 Å². The van der Waals surface area contributed by atoms with Gasteiger partial charge in [-0.15, -0.1) is 0 Å². The summed E-state index contributed by atoms with van der Waals surface area (Å²) in [5, 5.41) is 23.9. The molecule has 0 amide bonds. The van der Waals surface area contributed by atoms with Crippen molar-refractivity contribution in [1.29, 1.82) is 0 Å². The summed E-state index contributed by atoms with van der Waals surface area (Å²) < 4.78 is 5.72. The summed E-state index contributed by atoms with van der Waals surface area (Å²) in [7, 11) is -1.43. The molecule has 0 aliphatic rings. The largest absolute Gasteiger partial charge is 0.469 e. The predicted octanol–water partition coefficient (Wildman–Crippen LogP) is 2.81. The van der Waals surface area contributed by atoms with E-state index in [9.17, 15) is 10.0 Å². The standard InChI is InChI=1S/C20H24BNO3/c1-14-8-9-15(2)20-19(14)17(13-25-20)12-18(21(23)24)22-11-10-16-6-4-3-5-7-16/h3-9,13,18,22-24H,10-12H2,1-2H3/t18-/m0/s1. The number of hydrogen-bond donors (Lipinski definition) is 3. The average Bonchev–Trinajstić information content (AvgIpc) is 3.03. The molecule has 0 unspecified atom stereocenters. The smallest absolute Gasteiger partial charge is 0.464 e. The van der Waals surface area contributed by atoms with Crippen molar-refractivity contribution < 1.29 is 14.5 Å².